The van der Waals surface area contributed by atoms with Crippen LogP contribution in [0.5, 0.6) is 0 Å². The van der Waals surface area contributed by atoms with Gasteiger partial charge in [-0.1, -0.05) is 6.92 Å². The Morgan fingerprint density at radius 1 is 1.04 bits per heavy atom. The topological polar surface area (TPSA) is 35.2 Å². The standard InChI is InChI=1S/C19H20F2N4/c1-2-24-7-9-25(10-8-24)18-12-17-16(11-15(18)21)22-19(23-17)13-3-5-14(20)6-4-13/h3-6,11-12H,2,7-10H2,1H3,(H,22,23). The van der Waals surface area contributed by atoms with E-state index in [9.17, 15) is 8.78 Å². The van der Waals surface area contributed by atoms with Crippen LogP contribution in [0.1, 0.15) is 6.92 Å². The molecule has 1 aliphatic rings. The first-order valence-corrected chi connectivity index (χ1v) is 8.56. The second-order valence-electron chi connectivity index (χ2n) is 6.33. The molecule has 3 aromatic rings. The fraction of sp³-hybridized carbons (Fsp3) is 0.316. The number of likely N-dealkylation sites (N-methyl/N-ethyl adjacent to an activating group) is 1. The largest absolute Gasteiger partial charge is 0.367 e. The van der Waals surface area contributed by atoms with E-state index in [0.717, 1.165) is 38.3 Å². The Kier molecular flexibility index (Phi) is 4.13. The second-order valence-corrected chi connectivity index (χ2v) is 6.33. The van der Waals surface area contributed by atoms with Crippen molar-refractivity contribution in [3.05, 3.63) is 48.0 Å². The smallest absolute Gasteiger partial charge is 0.148 e. The van der Waals surface area contributed by atoms with Crippen molar-refractivity contribution in [1.29, 1.82) is 0 Å². The fourth-order valence-corrected chi connectivity index (χ4v) is 3.31. The van der Waals surface area contributed by atoms with Gasteiger partial charge in [0, 0.05) is 37.8 Å². The van der Waals surface area contributed by atoms with Crippen molar-refractivity contribution in [1.82, 2.24) is 14.9 Å². The van der Waals surface area contributed by atoms with Crippen molar-refractivity contribution in [2.24, 2.45) is 0 Å². The van der Waals surface area contributed by atoms with Crippen LogP contribution in [0.25, 0.3) is 22.4 Å². The number of halogens is 2. The highest BCUT2D eigenvalue weighted by atomic mass is 19.1. The van der Waals surface area contributed by atoms with E-state index >= 15 is 0 Å². The summed E-state index contributed by atoms with van der Waals surface area (Å²) in [5.74, 6) is 0.0773. The lowest BCUT2D eigenvalue weighted by molar-refractivity contribution is 0.270. The van der Waals surface area contributed by atoms with Gasteiger partial charge >= 0.3 is 0 Å². The maximum absolute atomic E-state index is 14.6. The van der Waals surface area contributed by atoms with Crippen molar-refractivity contribution < 1.29 is 8.78 Å². The number of hydrogen-bond acceptors (Lipinski definition) is 3. The highest BCUT2D eigenvalue weighted by Gasteiger charge is 2.20. The van der Waals surface area contributed by atoms with Crippen LogP contribution in [0.4, 0.5) is 14.5 Å². The summed E-state index contributed by atoms with van der Waals surface area (Å²) in [7, 11) is 0. The van der Waals surface area contributed by atoms with Gasteiger partial charge in [-0.15, -0.1) is 0 Å². The van der Waals surface area contributed by atoms with Crippen molar-refractivity contribution in [3.8, 4) is 11.4 Å². The van der Waals surface area contributed by atoms with E-state index in [1.807, 2.05) is 0 Å². The Bertz CT molecular complexity index is 880. The van der Waals surface area contributed by atoms with Crippen molar-refractivity contribution in [2.45, 2.75) is 6.92 Å². The van der Waals surface area contributed by atoms with Crippen LogP contribution in [-0.4, -0.2) is 47.6 Å². The molecule has 4 nitrogen and oxygen atoms in total. The van der Waals surface area contributed by atoms with Crippen molar-refractivity contribution >= 4 is 16.7 Å². The average Bonchev–Trinajstić information content (AvgIpc) is 3.04. The van der Waals surface area contributed by atoms with Crippen LogP contribution in [-0.2, 0) is 0 Å². The molecule has 1 aliphatic heterocycles. The number of nitrogens with one attached hydrogen (secondary N) is 1. The van der Waals surface area contributed by atoms with E-state index in [1.54, 1.807) is 18.2 Å². The maximum Gasteiger partial charge on any atom is 0.148 e. The number of H-pyrrole nitrogens is 1. The Hall–Kier alpha value is -2.47. The Labute approximate surface area is 145 Å². The highest BCUT2D eigenvalue weighted by Crippen LogP contribution is 2.28. The lowest BCUT2D eigenvalue weighted by Crippen LogP contribution is -2.46. The van der Waals surface area contributed by atoms with Gasteiger partial charge in [-0.2, -0.15) is 0 Å². The van der Waals surface area contributed by atoms with E-state index in [1.165, 1.54) is 18.2 Å². The molecule has 0 unspecified atom stereocenters. The van der Waals surface area contributed by atoms with Gasteiger partial charge < -0.3 is 14.8 Å². The van der Waals surface area contributed by atoms with Gasteiger partial charge in [0.05, 0.1) is 16.7 Å². The molecule has 0 radical (unpaired) electrons. The molecule has 0 saturated carbocycles. The summed E-state index contributed by atoms with van der Waals surface area (Å²) in [6.45, 7) is 6.67. The lowest BCUT2D eigenvalue weighted by Gasteiger charge is -2.35. The number of fused-ring (bicyclic) bond motifs is 1. The summed E-state index contributed by atoms with van der Waals surface area (Å²) >= 11 is 0. The van der Waals surface area contributed by atoms with Crippen molar-refractivity contribution in [3.63, 3.8) is 0 Å². The number of anilines is 1. The molecule has 0 atom stereocenters. The number of hydrogen-bond donors (Lipinski definition) is 1. The Morgan fingerprint density at radius 2 is 1.76 bits per heavy atom. The molecule has 130 valence electrons. The molecule has 0 bridgehead atoms. The summed E-state index contributed by atoms with van der Waals surface area (Å²) in [5, 5.41) is 0. The van der Waals surface area contributed by atoms with Gasteiger partial charge in [-0.05, 0) is 36.9 Å². The monoisotopic (exact) mass is 342 g/mol. The molecule has 0 spiro atoms. The van der Waals surface area contributed by atoms with Gasteiger partial charge in [-0.25, -0.2) is 13.8 Å². The van der Waals surface area contributed by atoms with Gasteiger partial charge in [0.2, 0.25) is 0 Å². The van der Waals surface area contributed by atoms with Crippen LogP contribution in [0.15, 0.2) is 36.4 Å². The van der Waals surface area contributed by atoms with Crippen LogP contribution in [0.3, 0.4) is 0 Å². The minimum atomic E-state index is -0.292. The predicted octanol–water partition coefficient (Wildman–Crippen LogP) is 3.65. The van der Waals surface area contributed by atoms with E-state index < -0.39 is 0 Å². The quantitative estimate of drug-likeness (QED) is 0.789. The summed E-state index contributed by atoms with van der Waals surface area (Å²) < 4.78 is 27.7. The summed E-state index contributed by atoms with van der Waals surface area (Å²) in [6, 6.07) is 9.40. The molecular formula is C19H20F2N4. The number of aromatic nitrogens is 2. The number of nitrogens with zero attached hydrogens (tertiary/aromatic N) is 3. The third-order valence-corrected chi connectivity index (χ3v) is 4.83. The molecule has 0 amide bonds. The number of imidazole rings is 1. The molecule has 25 heavy (non-hydrogen) atoms. The van der Waals surface area contributed by atoms with Crippen LogP contribution < -0.4 is 4.90 Å². The molecule has 2 heterocycles. The van der Waals surface area contributed by atoms with Gasteiger partial charge in [0.25, 0.3) is 0 Å². The molecule has 4 rings (SSSR count). The van der Waals surface area contributed by atoms with Crippen LogP contribution in [0, 0.1) is 11.6 Å². The zero-order valence-electron chi connectivity index (χ0n) is 14.1. The number of aromatic amines is 1. The maximum atomic E-state index is 14.6. The fourth-order valence-electron chi connectivity index (χ4n) is 3.31. The Balaban J connectivity index is 1.66. The van der Waals surface area contributed by atoms with Gasteiger partial charge in [0.15, 0.2) is 0 Å². The molecule has 2 aromatic carbocycles. The molecular weight excluding hydrogens is 322 g/mol. The molecule has 1 aromatic heterocycles. The number of piperazine rings is 1. The van der Waals surface area contributed by atoms with Gasteiger partial charge in [0.1, 0.15) is 17.5 Å². The molecule has 1 saturated heterocycles. The van der Waals surface area contributed by atoms with E-state index in [2.05, 4.69) is 26.7 Å². The highest BCUT2D eigenvalue weighted by molar-refractivity contribution is 5.83. The summed E-state index contributed by atoms with van der Waals surface area (Å²) in [5.41, 5.74) is 2.73. The normalized spacial score (nSPS) is 15.9. The second kappa shape index (κ2) is 6.44. The average molecular weight is 342 g/mol. The van der Waals surface area contributed by atoms with Crippen LogP contribution >= 0.6 is 0 Å². The summed E-state index contributed by atoms with van der Waals surface area (Å²) in [6.07, 6.45) is 0. The SMILES string of the molecule is CCN1CCN(c2cc3nc(-c4ccc(F)cc4)[nH]c3cc2F)CC1. The number of rotatable bonds is 3. The first kappa shape index (κ1) is 16.0. The van der Waals surface area contributed by atoms with Crippen molar-refractivity contribution in [2.75, 3.05) is 37.6 Å². The first-order chi connectivity index (χ1) is 12.1. The predicted molar refractivity (Wildman–Crippen MR) is 95.8 cm³/mol. The number of benzene rings is 2. The Morgan fingerprint density at radius 3 is 2.44 bits per heavy atom. The zero-order chi connectivity index (χ0) is 17.4. The van der Waals surface area contributed by atoms with Crippen LogP contribution in [0.2, 0.25) is 0 Å². The van der Waals surface area contributed by atoms with E-state index in [0.29, 0.717) is 22.5 Å². The minimum Gasteiger partial charge on any atom is -0.367 e. The third-order valence-electron chi connectivity index (χ3n) is 4.83. The zero-order valence-corrected chi connectivity index (χ0v) is 14.1. The minimum absolute atomic E-state index is 0.244. The van der Waals surface area contributed by atoms with E-state index in [4.69, 9.17) is 0 Å². The van der Waals surface area contributed by atoms with E-state index in [-0.39, 0.29) is 11.6 Å². The molecule has 6 heteroatoms. The molecule has 0 aliphatic carbocycles. The third kappa shape index (κ3) is 3.09. The lowest BCUT2D eigenvalue weighted by atomic mass is 10.2. The first-order valence-electron chi connectivity index (χ1n) is 8.56. The molecule has 1 N–H and O–H groups in total. The van der Waals surface area contributed by atoms with Gasteiger partial charge in [-0.3, -0.25) is 0 Å². The molecule has 1 fully saturated rings. The summed E-state index contributed by atoms with van der Waals surface area (Å²) in [4.78, 5) is 12.1.